The fourth-order valence-corrected chi connectivity index (χ4v) is 2.45. The highest BCUT2D eigenvalue weighted by Gasteiger charge is 2.11. The minimum atomic E-state index is 0.624. The number of anilines is 2. The van der Waals surface area contributed by atoms with E-state index in [4.69, 9.17) is 23.8 Å². The van der Waals surface area contributed by atoms with Crippen LogP contribution in [0.4, 0.5) is 11.4 Å². The number of hydrogen-bond donors (Lipinski definition) is 1. The molecule has 0 heterocycles. The van der Waals surface area contributed by atoms with E-state index in [9.17, 15) is 0 Å². The third kappa shape index (κ3) is 3.30. The zero-order valence-electron chi connectivity index (χ0n) is 11.6. The minimum absolute atomic E-state index is 0.624. The van der Waals surface area contributed by atoms with Crippen molar-refractivity contribution in [2.45, 2.75) is 13.3 Å². The molecule has 0 unspecified atom stereocenters. The highest BCUT2D eigenvalue weighted by molar-refractivity contribution is 7.80. The zero-order chi connectivity index (χ0) is 14.5. The Morgan fingerprint density at radius 3 is 2.50 bits per heavy atom. The Morgan fingerprint density at radius 2 is 1.80 bits per heavy atom. The molecular weight excluding hydrogens is 288 g/mol. The average molecular weight is 305 g/mol. The monoisotopic (exact) mass is 304 g/mol. The largest absolute Gasteiger partial charge is 0.332 e. The third-order valence-corrected chi connectivity index (χ3v) is 3.85. The Balaban J connectivity index is 2.18. The van der Waals surface area contributed by atoms with Crippen LogP contribution in [0.2, 0.25) is 5.02 Å². The molecule has 0 fully saturated rings. The summed E-state index contributed by atoms with van der Waals surface area (Å²) in [7, 11) is 1.91. The number of hydrogen-bond acceptors (Lipinski definition) is 1. The number of halogens is 1. The van der Waals surface area contributed by atoms with Gasteiger partial charge in [-0.15, -0.1) is 0 Å². The van der Waals surface area contributed by atoms with Crippen LogP contribution in [0.3, 0.4) is 0 Å². The molecule has 104 valence electrons. The number of nitrogens with zero attached hydrogens (tertiary/aromatic N) is 1. The number of aryl methyl sites for hydroxylation is 1. The maximum absolute atomic E-state index is 6.20. The van der Waals surface area contributed by atoms with Gasteiger partial charge in [-0.1, -0.05) is 48.9 Å². The zero-order valence-corrected chi connectivity index (χ0v) is 13.1. The number of benzene rings is 2. The Morgan fingerprint density at radius 1 is 1.15 bits per heavy atom. The molecule has 2 aromatic carbocycles. The van der Waals surface area contributed by atoms with Gasteiger partial charge in [-0.3, -0.25) is 0 Å². The molecule has 2 nitrogen and oxygen atoms in total. The van der Waals surface area contributed by atoms with Crippen LogP contribution >= 0.6 is 23.8 Å². The van der Waals surface area contributed by atoms with Crippen LogP contribution in [0.1, 0.15) is 12.5 Å². The van der Waals surface area contributed by atoms with Gasteiger partial charge in [-0.25, -0.2) is 0 Å². The van der Waals surface area contributed by atoms with Crippen molar-refractivity contribution in [2.24, 2.45) is 0 Å². The summed E-state index contributed by atoms with van der Waals surface area (Å²) in [6, 6.07) is 15.8. The second kappa shape index (κ2) is 6.73. The molecule has 2 rings (SSSR count). The minimum Gasteiger partial charge on any atom is -0.332 e. The first-order valence-corrected chi connectivity index (χ1v) is 7.29. The molecule has 0 aliphatic heterocycles. The first-order valence-electron chi connectivity index (χ1n) is 6.50. The van der Waals surface area contributed by atoms with Gasteiger partial charge in [-0.05, 0) is 42.4 Å². The molecule has 2 aromatic rings. The quantitative estimate of drug-likeness (QED) is 0.825. The van der Waals surface area contributed by atoms with E-state index in [2.05, 4.69) is 18.3 Å². The smallest absolute Gasteiger partial charge is 0.177 e. The molecule has 4 heteroatoms. The van der Waals surface area contributed by atoms with Crippen LogP contribution < -0.4 is 10.2 Å². The SMILES string of the molecule is CCc1ccccc1NC(=S)N(C)c1ccccc1Cl. The van der Waals surface area contributed by atoms with E-state index < -0.39 is 0 Å². The molecule has 0 spiro atoms. The molecule has 0 saturated heterocycles. The van der Waals surface area contributed by atoms with E-state index in [1.54, 1.807) is 0 Å². The second-order valence-corrected chi connectivity index (χ2v) is 5.25. The second-order valence-electron chi connectivity index (χ2n) is 4.45. The van der Waals surface area contributed by atoms with Gasteiger partial charge in [0.25, 0.3) is 0 Å². The summed E-state index contributed by atoms with van der Waals surface area (Å²) in [6.07, 6.45) is 0.960. The highest BCUT2D eigenvalue weighted by Crippen LogP contribution is 2.25. The van der Waals surface area contributed by atoms with Crippen molar-refractivity contribution in [2.75, 3.05) is 17.3 Å². The highest BCUT2D eigenvalue weighted by atomic mass is 35.5. The van der Waals surface area contributed by atoms with Crippen LogP contribution in [0.15, 0.2) is 48.5 Å². The van der Waals surface area contributed by atoms with Crippen LogP contribution in [-0.2, 0) is 6.42 Å². The van der Waals surface area contributed by atoms with Gasteiger partial charge in [0.1, 0.15) is 0 Å². The van der Waals surface area contributed by atoms with Crippen molar-refractivity contribution >= 4 is 40.3 Å². The lowest BCUT2D eigenvalue weighted by atomic mass is 10.1. The van der Waals surface area contributed by atoms with Gasteiger partial charge >= 0.3 is 0 Å². The maximum Gasteiger partial charge on any atom is 0.177 e. The Kier molecular flexibility index (Phi) is 4.99. The van der Waals surface area contributed by atoms with E-state index >= 15 is 0 Å². The summed E-state index contributed by atoms with van der Waals surface area (Å²) in [4.78, 5) is 1.88. The molecule has 0 amide bonds. The van der Waals surface area contributed by atoms with Gasteiger partial charge < -0.3 is 10.2 Å². The number of nitrogens with one attached hydrogen (secondary N) is 1. The maximum atomic E-state index is 6.20. The van der Waals surface area contributed by atoms with Gasteiger partial charge in [-0.2, -0.15) is 0 Å². The molecule has 0 radical (unpaired) electrons. The van der Waals surface area contributed by atoms with E-state index in [1.165, 1.54) is 5.56 Å². The van der Waals surface area contributed by atoms with Crippen LogP contribution in [-0.4, -0.2) is 12.2 Å². The van der Waals surface area contributed by atoms with Crippen molar-refractivity contribution in [1.82, 2.24) is 0 Å². The summed E-state index contributed by atoms with van der Waals surface area (Å²) in [5.74, 6) is 0. The van der Waals surface area contributed by atoms with E-state index in [0.717, 1.165) is 17.8 Å². The van der Waals surface area contributed by atoms with Crippen LogP contribution in [0, 0.1) is 0 Å². The molecule has 1 N–H and O–H groups in total. The van der Waals surface area contributed by atoms with E-state index in [-0.39, 0.29) is 0 Å². The lowest BCUT2D eigenvalue weighted by molar-refractivity contribution is 1.14. The van der Waals surface area contributed by atoms with Crippen molar-refractivity contribution in [3.8, 4) is 0 Å². The number of para-hydroxylation sites is 2. The summed E-state index contributed by atoms with van der Waals surface area (Å²) in [5.41, 5.74) is 3.17. The molecular formula is C16H17ClN2S. The molecule has 0 aliphatic carbocycles. The fourth-order valence-electron chi connectivity index (χ4n) is 1.98. The molecule has 20 heavy (non-hydrogen) atoms. The summed E-state index contributed by atoms with van der Waals surface area (Å²) in [6.45, 7) is 2.13. The van der Waals surface area contributed by atoms with E-state index in [0.29, 0.717) is 10.1 Å². The number of rotatable bonds is 3. The normalized spacial score (nSPS) is 10.2. The summed E-state index contributed by atoms with van der Waals surface area (Å²) >= 11 is 11.7. The Labute approximate surface area is 130 Å². The van der Waals surface area contributed by atoms with Gasteiger partial charge in [0.05, 0.1) is 10.7 Å². The topological polar surface area (TPSA) is 15.3 Å². The van der Waals surface area contributed by atoms with Crippen molar-refractivity contribution < 1.29 is 0 Å². The van der Waals surface area contributed by atoms with E-state index in [1.807, 2.05) is 54.4 Å². The van der Waals surface area contributed by atoms with Crippen LogP contribution in [0.5, 0.6) is 0 Å². The first-order chi connectivity index (χ1) is 9.63. The van der Waals surface area contributed by atoms with Crippen molar-refractivity contribution in [1.29, 1.82) is 0 Å². The van der Waals surface area contributed by atoms with Gasteiger partial charge in [0.15, 0.2) is 5.11 Å². The molecule has 0 saturated carbocycles. The predicted molar refractivity (Wildman–Crippen MR) is 91.9 cm³/mol. The fraction of sp³-hybridized carbons (Fsp3) is 0.188. The summed E-state index contributed by atoms with van der Waals surface area (Å²) < 4.78 is 0. The summed E-state index contributed by atoms with van der Waals surface area (Å²) in [5, 5.41) is 4.59. The van der Waals surface area contributed by atoms with Crippen molar-refractivity contribution in [3.05, 3.63) is 59.1 Å². The van der Waals surface area contributed by atoms with Crippen LogP contribution in [0.25, 0.3) is 0 Å². The number of thiocarbonyl (C=S) groups is 1. The predicted octanol–water partition coefficient (Wildman–Crippen LogP) is 4.74. The Bertz CT molecular complexity index is 613. The first kappa shape index (κ1) is 14.8. The molecule has 0 bridgehead atoms. The third-order valence-electron chi connectivity index (χ3n) is 3.16. The molecule has 0 aliphatic rings. The van der Waals surface area contributed by atoms with Crippen molar-refractivity contribution in [3.63, 3.8) is 0 Å². The Hall–Kier alpha value is -1.58. The molecule has 0 atom stereocenters. The average Bonchev–Trinajstić information content (AvgIpc) is 2.47. The lowest BCUT2D eigenvalue weighted by Crippen LogP contribution is -2.31. The standard InChI is InChI=1S/C16H17ClN2S/c1-3-12-8-4-6-10-14(12)18-16(20)19(2)15-11-7-5-9-13(15)17/h4-11H,3H2,1-2H3,(H,18,20). The lowest BCUT2D eigenvalue weighted by Gasteiger charge is -2.23. The molecule has 0 aromatic heterocycles. The van der Waals surface area contributed by atoms with Gasteiger partial charge in [0, 0.05) is 12.7 Å². The van der Waals surface area contributed by atoms with Gasteiger partial charge in [0.2, 0.25) is 0 Å².